The predicted molar refractivity (Wildman–Crippen MR) is 114 cm³/mol. The standard InChI is InChI=1S/C20H24F3N5O2S/c1-30-11-6-13-12-28(8-7-27(13)9-10-29)17-16-18(31-19(26-16)20(21,22)23)25-15-5-3-2-4-14(15)24-17/h2-5,13,25,29H,6-12H2,1H3. The summed E-state index contributed by atoms with van der Waals surface area (Å²) in [4.78, 5) is 12.9. The van der Waals surface area contributed by atoms with Crippen LogP contribution in [0, 0.1) is 0 Å². The Hall–Kier alpha value is -2.21. The molecule has 31 heavy (non-hydrogen) atoms. The molecule has 1 atom stereocenters. The zero-order valence-corrected chi connectivity index (χ0v) is 17.8. The summed E-state index contributed by atoms with van der Waals surface area (Å²) in [5, 5.41) is 11.9. The van der Waals surface area contributed by atoms with Gasteiger partial charge < -0.3 is 20.1 Å². The van der Waals surface area contributed by atoms with Gasteiger partial charge >= 0.3 is 6.18 Å². The summed E-state index contributed by atoms with van der Waals surface area (Å²) < 4.78 is 45.4. The van der Waals surface area contributed by atoms with E-state index in [0.717, 1.165) is 6.42 Å². The number of hydrogen-bond acceptors (Lipinski definition) is 8. The van der Waals surface area contributed by atoms with E-state index < -0.39 is 11.2 Å². The summed E-state index contributed by atoms with van der Waals surface area (Å²) in [6, 6.07) is 7.36. The van der Waals surface area contributed by atoms with Crippen molar-refractivity contribution in [3.63, 3.8) is 0 Å². The van der Waals surface area contributed by atoms with E-state index in [1.807, 2.05) is 23.1 Å². The molecule has 2 aliphatic heterocycles. The molecule has 1 unspecified atom stereocenters. The van der Waals surface area contributed by atoms with Gasteiger partial charge in [0.1, 0.15) is 10.7 Å². The van der Waals surface area contributed by atoms with Crippen LogP contribution >= 0.6 is 11.3 Å². The topological polar surface area (TPSA) is 73.2 Å². The van der Waals surface area contributed by atoms with E-state index in [-0.39, 0.29) is 18.3 Å². The third kappa shape index (κ3) is 4.69. The van der Waals surface area contributed by atoms with Crippen molar-refractivity contribution >= 4 is 33.5 Å². The maximum atomic E-state index is 13.4. The predicted octanol–water partition coefficient (Wildman–Crippen LogP) is 3.31. The molecule has 1 saturated heterocycles. The van der Waals surface area contributed by atoms with Crippen molar-refractivity contribution in [3.8, 4) is 0 Å². The quantitative estimate of drug-likeness (QED) is 0.721. The van der Waals surface area contributed by atoms with Crippen molar-refractivity contribution < 1.29 is 23.0 Å². The maximum Gasteiger partial charge on any atom is 0.443 e. The Balaban J connectivity index is 1.72. The molecule has 0 spiro atoms. The number of rotatable bonds is 5. The number of alkyl halides is 3. The minimum absolute atomic E-state index is 0.0485. The van der Waals surface area contributed by atoms with Crippen LogP contribution in [0.1, 0.15) is 17.1 Å². The Kier molecular flexibility index (Phi) is 6.47. The van der Waals surface area contributed by atoms with E-state index in [1.165, 1.54) is 0 Å². The lowest BCUT2D eigenvalue weighted by molar-refractivity contribution is -0.137. The molecule has 3 heterocycles. The van der Waals surface area contributed by atoms with Crippen molar-refractivity contribution in [2.75, 3.05) is 51.8 Å². The molecule has 2 N–H and O–H groups in total. The highest BCUT2D eigenvalue weighted by Gasteiger charge is 2.39. The number of para-hydroxylation sites is 2. The second-order valence-corrected chi connectivity index (χ2v) is 8.41. The van der Waals surface area contributed by atoms with E-state index >= 15 is 0 Å². The average Bonchev–Trinajstić information content (AvgIpc) is 3.10. The molecular formula is C20H24F3N5O2S. The number of piperazine rings is 1. The van der Waals surface area contributed by atoms with E-state index in [1.54, 1.807) is 13.2 Å². The van der Waals surface area contributed by atoms with Gasteiger partial charge in [0.2, 0.25) is 5.01 Å². The second kappa shape index (κ2) is 9.11. The highest BCUT2D eigenvalue weighted by atomic mass is 32.1. The lowest BCUT2D eigenvalue weighted by Gasteiger charge is -2.42. The largest absolute Gasteiger partial charge is 0.443 e. The van der Waals surface area contributed by atoms with Gasteiger partial charge in [-0.1, -0.05) is 23.5 Å². The average molecular weight is 456 g/mol. The van der Waals surface area contributed by atoms with Crippen LogP contribution in [0.3, 0.4) is 0 Å². The number of benzene rings is 1. The number of thiazole rings is 1. The Morgan fingerprint density at radius 2 is 2.10 bits per heavy atom. The monoisotopic (exact) mass is 455 g/mol. The zero-order chi connectivity index (χ0) is 22.0. The smallest absolute Gasteiger partial charge is 0.395 e. The fraction of sp³-hybridized carbons (Fsp3) is 0.500. The Bertz CT molecular complexity index is 949. The van der Waals surface area contributed by atoms with Gasteiger partial charge in [0, 0.05) is 45.9 Å². The molecule has 2 aromatic rings. The first-order valence-electron chi connectivity index (χ1n) is 10.0. The number of hydrogen-bond donors (Lipinski definition) is 2. The minimum Gasteiger partial charge on any atom is -0.395 e. The summed E-state index contributed by atoms with van der Waals surface area (Å²) in [5.41, 5.74) is 1.52. The zero-order valence-electron chi connectivity index (χ0n) is 17.0. The lowest BCUT2D eigenvalue weighted by atomic mass is 10.1. The summed E-state index contributed by atoms with van der Waals surface area (Å²) in [7, 11) is 1.63. The number of nitrogens with zero attached hydrogens (tertiary/aromatic N) is 4. The molecular weight excluding hydrogens is 431 g/mol. The lowest BCUT2D eigenvalue weighted by Crippen LogP contribution is -2.55. The summed E-state index contributed by atoms with van der Waals surface area (Å²) in [5.74, 6) is 0.435. The van der Waals surface area contributed by atoms with E-state index in [9.17, 15) is 18.3 Å². The molecule has 4 rings (SSSR count). The van der Waals surface area contributed by atoms with Gasteiger partial charge in [-0.2, -0.15) is 13.2 Å². The van der Waals surface area contributed by atoms with Gasteiger partial charge in [-0.15, -0.1) is 0 Å². The van der Waals surface area contributed by atoms with Crippen molar-refractivity contribution in [2.45, 2.75) is 18.6 Å². The van der Waals surface area contributed by atoms with Gasteiger partial charge in [-0.3, -0.25) is 4.90 Å². The SMILES string of the molecule is COCCC1CN(C2=Nc3ccccc3Nc3sc(C(F)(F)F)nc32)CCN1CCO. The van der Waals surface area contributed by atoms with Crippen molar-refractivity contribution in [2.24, 2.45) is 4.99 Å². The van der Waals surface area contributed by atoms with E-state index in [4.69, 9.17) is 9.73 Å². The summed E-state index contributed by atoms with van der Waals surface area (Å²) in [6.45, 7) is 2.93. The number of methoxy groups -OCH3 is 1. The van der Waals surface area contributed by atoms with Gasteiger partial charge in [0.25, 0.3) is 0 Å². The Labute approximate surface area is 182 Å². The van der Waals surface area contributed by atoms with Crippen LogP contribution < -0.4 is 5.32 Å². The minimum atomic E-state index is -4.52. The number of ether oxygens (including phenoxy) is 1. The van der Waals surface area contributed by atoms with Crippen molar-refractivity contribution in [1.82, 2.24) is 14.8 Å². The number of aliphatic hydroxyl groups is 1. The Morgan fingerprint density at radius 1 is 1.29 bits per heavy atom. The van der Waals surface area contributed by atoms with Crippen molar-refractivity contribution in [3.05, 3.63) is 35.0 Å². The number of aromatic nitrogens is 1. The van der Waals surface area contributed by atoms with Crippen LogP contribution in [0.5, 0.6) is 0 Å². The van der Waals surface area contributed by atoms with Crippen molar-refractivity contribution in [1.29, 1.82) is 0 Å². The number of amidine groups is 1. The molecule has 0 aliphatic carbocycles. The molecule has 0 radical (unpaired) electrons. The van der Waals surface area contributed by atoms with E-state index in [2.05, 4.69) is 15.2 Å². The Morgan fingerprint density at radius 3 is 2.84 bits per heavy atom. The molecule has 1 aromatic heterocycles. The number of anilines is 2. The first-order valence-corrected chi connectivity index (χ1v) is 10.8. The fourth-order valence-electron chi connectivity index (χ4n) is 3.90. The van der Waals surface area contributed by atoms with Gasteiger partial charge in [0.15, 0.2) is 5.84 Å². The van der Waals surface area contributed by atoms with Gasteiger partial charge in [-0.05, 0) is 18.6 Å². The van der Waals surface area contributed by atoms with Crippen LogP contribution in [0.25, 0.3) is 0 Å². The molecule has 7 nitrogen and oxygen atoms in total. The third-order valence-corrected chi connectivity index (χ3v) is 6.42. The number of β-amino-alcohol motifs (C(OH)–C–C–N with tert-alkyl or cyclic N) is 1. The maximum absolute atomic E-state index is 13.4. The highest BCUT2D eigenvalue weighted by molar-refractivity contribution is 7.16. The molecule has 168 valence electrons. The first-order chi connectivity index (χ1) is 14.9. The second-order valence-electron chi connectivity index (χ2n) is 7.41. The summed E-state index contributed by atoms with van der Waals surface area (Å²) >= 11 is 0.592. The first kappa shape index (κ1) is 22.0. The fourth-order valence-corrected chi connectivity index (χ4v) is 4.74. The molecule has 1 aromatic carbocycles. The van der Waals surface area contributed by atoms with Crippen LogP contribution in [-0.2, 0) is 10.9 Å². The molecule has 0 saturated carbocycles. The molecule has 2 aliphatic rings. The van der Waals surface area contributed by atoms with Crippen LogP contribution in [0.15, 0.2) is 29.3 Å². The van der Waals surface area contributed by atoms with Gasteiger partial charge in [0.05, 0.1) is 18.0 Å². The third-order valence-electron chi connectivity index (χ3n) is 5.41. The number of aliphatic hydroxyl groups excluding tert-OH is 1. The molecule has 11 heteroatoms. The van der Waals surface area contributed by atoms with Crippen LogP contribution in [0.4, 0.5) is 29.5 Å². The number of nitrogens with one attached hydrogen (secondary N) is 1. The summed E-state index contributed by atoms with van der Waals surface area (Å²) in [6.07, 6.45) is -3.78. The van der Waals surface area contributed by atoms with Crippen LogP contribution in [0.2, 0.25) is 0 Å². The number of aliphatic imine (C=N–C) groups is 1. The van der Waals surface area contributed by atoms with Crippen LogP contribution in [-0.4, -0.2) is 78.3 Å². The van der Waals surface area contributed by atoms with Gasteiger partial charge in [-0.25, -0.2) is 9.98 Å². The molecule has 0 amide bonds. The highest BCUT2D eigenvalue weighted by Crippen LogP contribution is 2.42. The number of fused-ring (bicyclic) bond motifs is 2. The molecule has 0 bridgehead atoms. The number of halogens is 3. The molecule has 1 fully saturated rings. The van der Waals surface area contributed by atoms with E-state index in [0.29, 0.717) is 66.3 Å². The normalized spacial score (nSPS) is 19.3.